The minimum atomic E-state index is -0.471. The van der Waals surface area contributed by atoms with Crippen molar-refractivity contribution in [2.45, 2.75) is 5.41 Å². The minimum absolute atomic E-state index is 0.471. The normalized spacial score (nSPS) is 12.8. The Kier molecular flexibility index (Phi) is 7.43. The summed E-state index contributed by atoms with van der Waals surface area (Å²) in [4.78, 5) is 5.11. The van der Waals surface area contributed by atoms with Crippen LogP contribution in [-0.2, 0) is 5.41 Å². The van der Waals surface area contributed by atoms with Crippen LogP contribution in [0.4, 0.5) is 0 Å². The average Bonchev–Trinajstić information content (AvgIpc) is 3.79. The van der Waals surface area contributed by atoms with Crippen LogP contribution >= 0.6 is 0 Å². The van der Waals surface area contributed by atoms with Crippen molar-refractivity contribution in [2.75, 3.05) is 0 Å². The second-order valence-electron chi connectivity index (χ2n) is 14.7. The second kappa shape index (κ2) is 12.9. The topological polar surface area (TPSA) is 26.0 Å². The molecule has 0 fully saturated rings. The summed E-state index contributed by atoms with van der Waals surface area (Å²) in [6, 6.07) is 76.2. The van der Waals surface area contributed by atoms with Gasteiger partial charge in [-0.3, -0.25) is 0 Å². The first-order valence-corrected chi connectivity index (χ1v) is 19.2. The van der Waals surface area contributed by atoms with Crippen LogP contribution in [0.1, 0.15) is 22.3 Å². The lowest BCUT2D eigenvalue weighted by atomic mass is 9.67. The lowest BCUT2D eigenvalue weighted by molar-refractivity contribution is 0.666. The minimum Gasteiger partial charge on any atom is -0.456 e. The highest BCUT2D eigenvalue weighted by atomic mass is 16.3. The fourth-order valence-electron chi connectivity index (χ4n) is 8.98. The van der Waals surface area contributed by atoms with Crippen LogP contribution in [0.25, 0.3) is 77.8 Å². The summed E-state index contributed by atoms with van der Waals surface area (Å²) in [7, 11) is 0. The average molecular weight is 714 g/mol. The first kappa shape index (κ1) is 32.2. The molecular formula is C54H35NO. The predicted octanol–water partition coefficient (Wildman–Crippen LogP) is 14.0. The van der Waals surface area contributed by atoms with E-state index in [1.807, 2.05) is 12.1 Å². The third-order valence-electron chi connectivity index (χ3n) is 11.5. The number of aromatic nitrogens is 1. The maximum atomic E-state index is 6.73. The Balaban J connectivity index is 1.06. The molecule has 8 aromatic carbocycles. The zero-order chi connectivity index (χ0) is 37.1. The summed E-state index contributed by atoms with van der Waals surface area (Å²) in [6.45, 7) is 0. The number of nitrogens with zero attached hydrogens (tertiary/aromatic N) is 1. The molecule has 2 heterocycles. The van der Waals surface area contributed by atoms with Crippen LogP contribution in [0, 0.1) is 0 Å². The van der Waals surface area contributed by atoms with Gasteiger partial charge in [-0.25, -0.2) is 4.98 Å². The monoisotopic (exact) mass is 713 g/mol. The smallest absolute Gasteiger partial charge is 0.135 e. The van der Waals surface area contributed by atoms with Gasteiger partial charge in [-0.05, 0) is 98.1 Å². The van der Waals surface area contributed by atoms with E-state index in [4.69, 9.17) is 9.40 Å². The van der Waals surface area contributed by atoms with E-state index >= 15 is 0 Å². The molecular weight excluding hydrogens is 679 g/mol. The SMILES string of the molecule is c1ccc(-c2cc(-c3cccc(-c4ccc5oc6cc7c(cc6c5c4)-c4ccccc4C7(c4ccccc4)c4ccccc4)c3)cc(-c3ccccc3)n2)cc1. The number of rotatable bonds is 6. The van der Waals surface area contributed by atoms with Crippen molar-refractivity contribution in [2.24, 2.45) is 0 Å². The van der Waals surface area contributed by atoms with Crippen LogP contribution in [0.3, 0.4) is 0 Å². The van der Waals surface area contributed by atoms with Gasteiger partial charge in [0.15, 0.2) is 0 Å². The molecule has 0 saturated carbocycles. The molecule has 0 saturated heterocycles. The largest absolute Gasteiger partial charge is 0.456 e. The molecule has 0 aliphatic heterocycles. The number of hydrogen-bond acceptors (Lipinski definition) is 2. The van der Waals surface area contributed by atoms with Crippen molar-refractivity contribution in [3.63, 3.8) is 0 Å². The lowest BCUT2D eigenvalue weighted by Crippen LogP contribution is -2.28. The Labute approximate surface area is 326 Å². The predicted molar refractivity (Wildman–Crippen MR) is 231 cm³/mol. The molecule has 0 unspecified atom stereocenters. The van der Waals surface area contributed by atoms with Gasteiger partial charge in [0, 0.05) is 21.9 Å². The van der Waals surface area contributed by atoms with Crippen molar-refractivity contribution in [3.8, 4) is 55.9 Å². The van der Waals surface area contributed by atoms with Gasteiger partial charge < -0.3 is 4.42 Å². The standard InChI is InChI=1S/C54H35NO/c1-5-16-36(17-6-1)50-32-41(33-51(55-50)37-18-7-2-8-19-37)39-21-15-20-38(30-39)40-28-29-52-46(31-40)47-34-45-44-26-13-14-27-48(44)54(42-22-9-3-10-23-42,43-24-11-4-12-25-43)49(45)35-53(47)56-52/h1-35H. The highest BCUT2D eigenvalue weighted by Crippen LogP contribution is 2.57. The van der Waals surface area contributed by atoms with Crippen LogP contribution in [0.2, 0.25) is 0 Å². The highest BCUT2D eigenvalue weighted by Gasteiger charge is 2.46. The molecule has 0 amide bonds. The van der Waals surface area contributed by atoms with Crippen LogP contribution in [-0.4, -0.2) is 4.98 Å². The zero-order valence-electron chi connectivity index (χ0n) is 30.6. The highest BCUT2D eigenvalue weighted by molar-refractivity contribution is 6.09. The number of furan rings is 1. The van der Waals surface area contributed by atoms with E-state index in [9.17, 15) is 0 Å². The molecule has 0 atom stereocenters. The molecule has 11 rings (SSSR count). The van der Waals surface area contributed by atoms with Crippen LogP contribution in [0.5, 0.6) is 0 Å². The van der Waals surface area contributed by atoms with E-state index in [2.05, 4.69) is 200 Å². The Morgan fingerprint density at radius 1 is 0.321 bits per heavy atom. The zero-order valence-corrected chi connectivity index (χ0v) is 30.6. The summed E-state index contributed by atoms with van der Waals surface area (Å²) in [5, 5.41) is 2.24. The molecule has 1 aliphatic rings. The van der Waals surface area contributed by atoms with Gasteiger partial charge in [-0.15, -0.1) is 0 Å². The van der Waals surface area contributed by atoms with Gasteiger partial charge in [-0.2, -0.15) is 0 Å². The number of fused-ring (bicyclic) bond motifs is 6. The van der Waals surface area contributed by atoms with E-state index in [1.54, 1.807) is 0 Å². The number of hydrogen-bond donors (Lipinski definition) is 0. The van der Waals surface area contributed by atoms with Crippen molar-refractivity contribution in [3.05, 3.63) is 235 Å². The first-order chi connectivity index (χ1) is 27.7. The van der Waals surface area contributed by atoms with Crippen molar-refractivity contribution < 1.29 is 4.42 Å². The van der Waals surface area contributed by atoms with Crippen LogP contribution in [0.15, 0.2) is 217 Å². The summed E-state index contributed by atoms with van der Waals surface area (Å²) in [5.41, 5.74) is 17.5. The number of pyridine rings is 1. The Morgan fingerprint density at radius 3 is 1.48 bits per heavy atom. The third kappa shape index (κ3) is 5.07. The fourth-order valence-corrected chi connectivity index (χ4v) is 8.98. The van der Waals surface area contributed by atoms with Crippen molar-refractivity contribution in [1.82, 2.24) is 4.98 Å². The second-order valence-corrected chi connectivity index (χ2v) is 14.7. The van der Waals surface area contributed by atoms with E-state index in [0.29, 0.717) is 0 Å². The van der Waals surface area contributed by atoms with Crippen molar-refractivity contribution in [1.29, 1.82) is 0 Å². The first-order valence-electron chi connectivity index (χ1n) is 19.2. The quantitative estimate of drug-likeness (QED) is 0.171. The van der Waals surface area contributed by atoms with Crippen LogP contribution < -0.4 is 0 Å². The molecule has 0 spiro atoms. The van der Waals surface area contributed by atoms with Crippen molar-refractivity contribution >= 4 is 21.9 Å². The molecule has 10 aromatic rings. The molecule has 262 valence electrons. The van der Waals surface area contributed by atoms with Gasteiger partial charge in [-0.1, -0.05) is 170 Å². The number of benzene rings is 8. The molecule has 2 aromatic heterocycles. The molecule has 0 radical (unpaired) electrons. The van der Waals surface area contributed by atoms with E-state index in [0.717, 1.165) is 66.7 Å². The summed E-state index contributed by atoms with van der Waals surface area (Å²) < 4.78 is 6.73. The van der Waals surface area contributed by atoms with Gasteiger partial charge >= 0.3 is 0 Å². The lowest BCUT2D eigenvalue weighted by Gasteiger charge is -2.33. The maximum Gasteiger partial charge on any atom is 0.135 e. The summed E-state index contributed by atoms with van der Waals surface area (Å²) in [5.74, 6) is 0. The third-order valence-corrected chi connectivity index (χ3v) is 11.5. The fraction of sp³-hybridized carbons (Fsp3) is 0.0185. The van der Waals surface area contributed by atoms with E-state index < -0.39 is 5.41 Å². The Morgan fingerprint density at radius 2 is 0.839 bits per heavy atom. The Hall–Kier alpha value is -7.29. The molecule has 1 aliphatic carbocycles. The van der Waals surface area contributed by atoms with E-state index in [1.165, 1.54) is 33.4 Å². The summed E-state index contributed by atoms with van der Waals surface area (Å²) in [6.07, 6.45) is 0. The van der Waals surface area contributed by atoms with E-state index in [-0.39, 0.29) is 0 Å². The maximum absolute atomic E-state index is 6.73. The molecule has 2 nitrogen and oxygen atoms in total. The van der Waals surface area contributed by atoms with Gasteiger partial charge in [0.25, 0.3) is 0 Å². The molecule has 0 bridgehead atoms. The van der Waals surface area contributed by atoms with Gasteiger partial charge in [0.1, 0.15) is 11.2 Å². The molecule has 56 heavy (non-hydrogen) atoms. The van der Waals surface area contributed by atoms with Gasteiger partial charge in [0.05, 0.1) is 16.8 Å². The summed E-state index contributed by atoms with van der Waals surface area (Å²) >= 11 is 0. The Bertz CT molecular complexity index is 2960. The van der Waals surface area contributed by atoms with Gasteiger partial charge in [0.2, 0.25) is 0 Å². The molecule has 2 heteroatoms. The molecule has 0 N–H and O–H groups in total.